The van der Waals surface area contributed by atoms with Gasteiger partial charge in [0.25, 0.3) is 0 Å². The summed E-state index contributed by atoms with van der Waals surface area (Å²) in [5.74, 6) is 1.02. The van der Waals surface area contributed by atoms with Crippen molar-refractivity contribution in [1.29, 1.82) is 0 Å². The average Bonchev–Trinajstić information content (AvgIpc) is 2.67. The Balaban J connectivity index is 1.65. The van der Waals surface area contributed by atoms with Crippen LogP contribution < -0.4 is 14.5 Å². The zero-order valence-corrected chi connectivity index (χ0v) is 19.1. The van der Waals surface area contributed by atoms with Gasteiger partial charge in [0.2, 0.25) is 0 Å². The second-order valence-corrected chi connectivity index (χ2v) is 10.4. The minimum atomic E-state index is -0.396. The summed E-state index contributed by atoms with van der Waals surface area (Å²) in [4.78, 5) is 17.0. The van der Waals surface area contributed by atoms with Crippen molar-refractivity contribution in [3.8, 4) is 5.75 Å². The van der Waals surface area contributed by atoms with Crippen molar-refractivity contribution >= 4 is 37.6 Å². The monoisotopic (exact) mass is 500 g/mol. The Morgan fingerprint density at radius 1 is 0.889 bits per heavy atom. The average molecular weight is 502 g/mol. The first-order valence-corrected chi connectivity index (χ1v) is 12.0. The number of ether oxygens (including phenoxy) is 1. The van der Waals surface area contributed by atoms with Crippen molar-refractivity contribution in [2.24, 2.45) is 5.41 Å². The zero-order chi connectivity index (χ0) is 18.9. The fourth-order valence-corrected chi connectivity index (χ4v) is 6.52. The SMILES string of the molecule is O=C1c2cc(Br)cc(Br)c2OCC1(C[NH+]1CCCCC1)C[NH+]1CCCCC1. The molecule has 1 aromatic rings. The molecule has 2 fully saturated rings. The Morgan fingerprint density at radius 3 is 2.00 bits per heavy atom. The number of benzene rings is 1. The highest BCUT2D eigenvalue weighted by Gasteiger charge is 2.51. The van der Waals surface area contributed by atoms with Crippen molar-refractivity contribution in [3.63, 3.8) is 0 Å². The van der Waals surface area contributed by atoms with Crippen LogP contribution in [0.15, 0.2) is 21.1 Å². The van der Waals surface area contributed by atoms with E-state index in [1.807, 2.05) is 12.1 Å². The van der Waals surface area contributed by atoms with Crippen LogP contribution in [-0.2, 0) is 0 Å². The molecule has 0 radical (unpaired) electrons. The first kappa shape index (κ1) is 19.9. The number of halogens is 2. The van der Waals surface area contributed by atoms with E-state index in [0.717, 1.165) is 33.3 Å². The molecule has 4 rings (SSSR count). The normalized spacial score (nSPS) is 23.7. The summed E-state index contributed by atoms with van der Waals surface area (Å²) < 4.78 is 8.06. The summed E-state index contributed by atoms with van der Waals surface area (Å²) in [6.07, 6.45) is 7.80. The molecular formula is C21H30Br2N2O2+2. The van der Waals surface area contributed by atoms with Gasteiger partial charge in [-0.2, -0.15) is 0 Å². The molecule has 0 amide bonds. The number of carbonyl (C=O) groups excluding carboxylic acids is 1. The molecule has 0 saturated carbocycles. The van der Waals surface area contributed by atoms with E-state index in [1.165, 1.54) is 64.7 Å². The van der Waals surface area contributed by atoms with E-state index in [1.54, 1.807) is 9.80 Å². The molecule has 3 aliphatic rings. The molecule has 2 saturated heterocycles. The van der Waals surface area contributed by atoms with Crippen LogP contribution in [0, 0.1) is 5.41 Å². The number of carbonyl (C=O) groups is 1. The number of nitrogens with one attached hydrogen (secondary N) is 2. The number of rotatable bonds is 4. The molecule has 4 nitrogen and oxygen atoms in total. The van der Waals surface area contributed by atoms with Gasteiger partial charge in [-0.1, -0.05) is 15.9 Å². The smallest absolute Gasteiger partial charge is 0.187 e. The third kappa shape index (κ3) is 4.29. The van der Waals surface area contributed by atoms with Crippen LogP contribution in [-0.4, -0.2) is 51.7 Å². The molecule has 0 spiro atoms. The third-order valence-electron chi connectivity index (χ3n) is 6.53. The van der Waals surface area contributed by atoms with Crippen molar-refractivity contribution in [3.05, 3.63) is 26.6 Å². The maximum Gasteiger partial charge on any atom is 0.187 e. The molecule has 2 N–H and O–H groups in total. The molecule has 0 unspecified atom stereocenters. The Kier molecular flexibility index (Phi) is 6.27. The van der Waals surface area contributed by atoms with Crippen molar-refractivity contribution in [2.45, 2.75) is 38.5 Å². The molecule has 6 heteroatoms. The number of ketones is 1. The van der Waals surface area contributed by atoms with Gasteiger partial charge >= 0.3 is 0 Å². The Hall–Kier alpha value is -0.430. The van der Waals surface area contributed by atoms with Crippen molar-refractivity contribution in [2.75, 3.05) is 45.9 Å². The minimum absolute atomic E-state index is 0.293. The van der Waals surface area contributed by atoms with E-state index in [-0.39, 0.29) is 0 Å². The standard InChI is InChI=1S/C21H28Br2N2O2/c22-16-11-17-19(18(23)12-16)27-15-21(20(17)26,13-24-7-3-1-4-8-24)14-25-9-5-2-6-10-25/h11-12H,1-10,13-15H2/p+2. The van der Waals surface area contributed by atoms with Crippen LogP contribution in [0.25, 0.3) is 0 Å². The highest BCUT2D eigenvalue weighted by Crippen LogP contribution is 2.40. The van der Waals surface area contributed by atoms with E-state index < -0.39 is 5.41 Å². The predicted octanol–water partition coefficient (Wildman–Crippen LogP) is 1.91. The molecule has 3 heterocycles. The van der Waals surface area contributed by atoms with E-state index in [2.05, 4.69) is 31.9 Å². The van der Waals surface area contributed by atoms with Crippen LogP contribution >= 0.6 is 31.9 Å². The minimum Gasteiger partial charge on any atom is -0.490 e. The number of fused-ring (bicyclic) bond motifs is 1. The van der Waals surface area contributed by atoms with Gasteiger partial charge in [-0.3, -0.25) is 4.79 Å². The van der Waals surface area contributed by atoms with Crippen LogP contribution in [0.5, 0.6) is 5.75 Å². The Labute approximate surface area is 178 Å². The van der Waals surface area contributed by atoms with Gasteiger partial charge in [0.05, 0.1) is 49.3 Å². The molecule has 0 aromatic heterocycles. The summed E-state index contributed by atoms with van der Waals surface area (Å²) >= 11 is 7.13. The summed E-state index contributed by atoms with van der Waals surface area (Å²) in [5, 5.41) is 0. The van der Waals surface area contributed by atoms with Crippen LogP contribution in [0.4, 0.5) is 0 Å². The maximum absolute atomic E-state index is 13.8. The number of quaternary nitrogens is 2. The zero-order valence-electron chi connectivity index (χ0n) is 15.9. The van der Waals surface area contributed by atoms with E-state index in [9.17, 15) is 4.79 Å². The lowest BCUT2D eigenvalue weighted by Gasteiger charge is -2.41. The molecule has 27 heavy (non-hydrogen) atoms. The van der Waals surface area contributed by atoms with Crippen LogP contribution in [0.1, 0.15) is 48.9 Å². The summed E-state index contributed by atoms with van der Waals surface area (Å²) in [7, 11) is 0. The quantitative estimate of drug-likeness (QED) is 0.661. The summed E-state index contributed by atoms with van der Waals surface area (Å²) in [5.41, 5.74) is 0.349. The Morgan fingerprint density at radius 2 is 1.44 bits per heavy atom. The second kappa shape index (κ2) is 8.52. The van der Waals surface area contributed by atoms with E-state index in [0.29, 0.717) is 12.4 Å². The summed E-state index contributed by atoms with van der Waals surface area (Å²) in [6.45, 7) is 7.13. The van der Waals surface area contributed by atoms with Crippen LogP contribution in [0.3, 0.4) is 0 Å². The van der Waals surface area contributed by atoms with Gasteiger partial charge < -0.3 is 14.5 Å². The molecule has 0 atom stereocenters. The second-order valence-electron chi connectivity index (χ2n) is 8.64. The fourth-order valence-electron chi connectivity index (χ4n) is 5.18. The molecule has 148 valence electrons. The number of hydrogen-bond acceptors (Lipinski definition) is 2. The largest absolute Gasteiger partial charge is 0.490 e. The predicted molar refractivity (Wildman–Crippen MR) is 113 cm³/mol. The van der Waals surface area contributed by atoms with E-state index >= 15 is 0 Å². The highest BCUT2D eigenvalue weighted by atomic mass is 79.9. The van der Waals surface area contributed by atoms with Crippen molar-refractivity contribution in [1.82, 2.24) is 0 Å². The van der Waals surface area contributed by atoms with Gasteiger partial charge in [-0.15, -0.1) is 0 Å². The third-order valence-corrected chi connectivity index (χ3v) is 7.57. The number of hydrogen-bond donors (Lipinski definition) is 2. The molecular weight excluding hydrogens is 472 g/mol. The number of piperidine rings is 2. The number of Topliss-reactive ketones (excluding diaryl/α,β-unsaturated/α-hetero) is 1. The van der Waals surface area contributed by atoms with E-state index in [4.69, 9.17) is 4.74 Å². The lowest BCUT2D eigenvalue weighted by Crippen LogP contribution is -3.18. The number of likely N-dealkylation sites (tertiary alicyclic amines) is 2. The lowest BCUT2D eigenvalue weighted by atomic mass is 9.77. The molecule has 0 aliphatic carbocycles. The lowest BCUT2D eigenvalue weighted by molar-refractivity contribution is -0.933. The molecule has 0 bridgehead atoms. The molecule has 3 aliphatic heterocycles. The maximum atomic E-state index is 13.8. The van der Waals surface area contributed by atoms with Gasteiger partial charge in [0.1, 0.15) is 12.4 Å². The first-order valence-electron chi connectivity index (χ1n) is 10.4. The van der Waals surface area contributed by atoms with Gasteiger partial charge in [-0.05, 0) is 66.6 Å². The highest BCUT2D eigenvalue weighted by molar-refractivity contribution is 9.11. The van der Waals surface area contributed by atoms with Crippen molar-refractivity contribution < 1.29 is 19.3 Å². The van der Waals surface area contributed by atoms with Gasteiger partial charge in [0, 0.05) is 4.47 Å². The molecule has 1 aromatic carbocycles. The van der Waals surface area contributed by atoms with Gasteiger partial charge in [0.15, 0.2) is 11.2 Å². The first-order chi connectivity index (χ1) is 13.1. The topological polar surface area (TPSA) is 35.2 Å². The summed E-state index contributed by atoms with van der Waals surface area (Å²) in [6, 6.07) is 3.91. The fraction of sp³-hybridized carbons (Fsp3) is 0.667. The van der Waals surface area contributed by atoms with Gasteiger partial charge in [-0.25, -0.2) is 0 Å². The van der Waals surface area contributed by atoms with Crippen LogP contribution in [0.2, 0.25) is 0 Å². The Bertz CT molecular complexity index is 678.